The molecule has 128 valence electrons. The molecule has 0 heterocycles. The van der Waals surface area contributed by atoms with E-state index in [4.69, 9.17) is 0 Å². The summed E-state index contributed by atoms with van der Waals surface area (Å²) >= 11 is 0. The van der Waals surface area contributed by atoms with Gasteiger partial charge in [-0.2, -0.15) is 0 Å². The molecule has 0 amide bonds. The Morgan fingerprint density at radius 3 is 2.46 bits per heavy atom. The second-order valence-electron chi connectivity index (χ2n) is 5.46. The van der Waals surface area contributed by atoms with E-state index in [-0.39, 0.29) is 24.9 Å². The highest BCUT2D eigenvalue weighted by Gasteiger charge is 2.11. The molecule has 4 nitrogen and oxygen atoms in total. The molecule has 0 aliphatic heterocycles. The normalized spacial score (nSPS) is 12.7. The zero-order valence-corrected chi connectivity index (χ0v) is 13.9. The van der Waals surface area contributed by atoms with Crippen molar-refractivity contribution in [3.05, 3.63) is 71.5 Å². The predicted octanol–water partition coefficient (Wildman–Crippen LogP) is 2.66. The molecule has 2 aromatic rings. The second-order valence-corrected chi connectivity index (χ2v) is 5.46. The topological polar surface area (TPSA) is 56.7 Å². The average molecular weight is 329 g/mol. The molecule has 0 fully saturated rings. The van der Waals surface area contributed by atoms with Crippen molar-refractivity contribution in [3.63, 3.8) is 0 Å². The number of guanidine groups is 1. The fourth-order valence-electron chi connectivity index (χ4n) is 2.37. The van der Waals surface area contributed by atoms with E-state index in [0.29, 0.717) is 24.6 Å². The van der Waals surface area contributed by atoms with Crippen LogP contribution in [0.5, 0.6) is 0 Å². The van der Waals surface area contributed by atoms with Gasteiger partial charge in [-0.15, -0.1) is 0 Å². The third kappa shape index (κ3) is 5.35. The van der Waals surface area contributed by atoms with Gasteiger partial charge in [-0.05, 0) is 18.6 Å². The van der Waals surface area contributed by atoms with Gasteiger partial charge in [-0.3, -0.25) is 0 Å². The van der Waals surface area contributed by atoms with E-state index in [9.17, 15) is 9.50 Å². The molecule has 2 aromatic carbocycles. The lowest BCUT2D eigenvalue weighted by Gasteiger charge is -2.18. The van der Waals surface area contributed by atoms with Crippen LogP contribution in [-0.4, -0.2) is 30.8 Å². The Bertz CT molecular complexity index is 646. The minimum atomic E-state index is -0.255. The molecular weight excluding hydrogens is 305 g/mol. The SMILES string of the molecule is CCNC(=NCc1ccccc1F)NCC(CO)c1ccccc1. The van der Waals surface area contributed by atoms with Crippen LogP contribution in [0, 0.1) is 5.82 Å². The molecule has 0 aromatic heterocycles. The van der Waals surface area contributed by atoms with Crippen LogP contribution < -0.4 is 10.6 Å². The van der Waals surface area contributed by atoms with Crippen molar-refractivity contribution < 1.29 is 9.50 Å². The third-order valence-corrected chi connectivity index (χ3v) is 3.72. The van der Waals surface area contributed by atoms with Crippen LogP contribution in [0.2, 0.25) is 0 Å². The lowest BCUT2D eigenvalue weighted by molar-refractivity contribution is 0.265. The van der Waals surface area contributed by atoms with Crippen LogP contribution in [0.3, 0.4) is 0 Å². The first-order valence-corrected chi connectivity index (χ1v) is 8.16. The molecule has 0 saturated heterocycles. The summed E-state index contributed by atoms with van der Waals surface area (Å²) in [5.74, 6) is 0.327. The van der Waals surface area contributed by atoms with E-state index in [1.807, 2.05) is 37.3 Å². The van der Waals surface area contributed by atoms with Crippen molar-refractivity contribution in [3.8, 4) is 0 Å². The number of aliphatic hydroxyl groups is 1. The molecule has 0 bridgehead atoms. The smallest absolute Gasteiger partial charge is 0.191 e. The maximum Gasteiger partial charge on any atom is 0.191 e. The largest absolute Gasteiger partial charge is 0.396 e. The number of aliphatic hydroxyl groups excluding tert-OH is 1. The molecule has 0 spiro atoms. The van der Waals surface area contributed by atoms with Crippen LogP contribution in [0.15, 0.2) is 59.6 Å². The summed E-state index contributed by atoms with van der Waals surface area (Å²) in [7, 11) is 0. The van der Waals surface area contributed by atoms with Gasteiger partial charge in [0.1, 0.15) is 5.82 Å². The van der Waals surface area contributed by atoms with Gasteiger partial charge in [0.15, 0.2) is 5.96 Å². The molecule has 2 rings (SSSR count). The van der Waals surface area contributed by atoms with Gasteiger partial charge in [0.2, 0.25) is 0 Å². The Labute approximate surface area is 142 Å². The molecule has 0 aliphatic rings. The summed E-state index contributed by atoms with van der Waals surface area (Å²) in [5, 5.41) is 16.0. The first kappa shape index (κ1) is 17.9. The van der Waals surface area contributed by atoms with Crippen molar-refractivity contribution >= 4 is 5.96 Å². The fourth-order valence-corrected chi connectivity index (χ4v) is 2.37. The van der Waals surface area contributed by atoms with Gasteiger partial charge in [-0.25, -0.2) is 9.38 Å². The zero-order valence-electron chi connectivity index (χ0n) is 13.9. The Morgan fingerprint density at radius 1 is 1.08 bits per heavy atom. The maximum atomic E-state index is 13.7. The number of hydrogen-bond donors (Lipinski definition) is 3. The van der Waals surface area contributed by atoms with Crippen molar-refractivity contribution in [2.45, 2.75) is 19.4 Å². The van der Waals surface area contributed by atoms with E-state index in [1.165, 1.54) is 6.07 Å². The molecule has 1 unspecified atom stereocenters. The van der Waals surface area contributed by atoms with Crippen LogP contribution in [-0.2, 0) is 6.54 Å². The number of nitrogens with one attached hydrogen (secondary N) is 2. The van der Waals surface area contributed by atoms with Gasteiger partial charge >= 0.3 is 0 Å². The number of benzene rings is 2. The van der Waals surface area contributed by atoms with Crippen LogP contribution in [0.1, 0.15) is 24.0 Å². The summed E-state index contributed by atoms with van der Waals surface area (Å²) in [6, 6.07) is 16.5. The highest BCUT2D eigenvalue weighted by molar-refractivity contribution is 5.79. The summed E-state index contributed by atoms with van der Waals surface area (Å²) in [5.41, 5.74) is 1.62. The lowest BCUT2D eigenvalue weighted by atomic mass is 10.0. The minimum Gasteiger partial charge on any atom is -0.396 e. The zero-order chi connectivity index (χ0) is 17.2. The first-order valence-electron chi connectivity index (χ1n) is 8.16. The number of nitrogens with zero attached hydrogens (tertiary/aromatic N) is 1. The summed E-state index contributed by atoms with van der Waals surface area (Å²) in [4.78, 5) is 4.42. The maximum absolute atomic E-state index is 13.7. The Balaban J connectivity index is 2.00. The second kappa shape index (κ2) is 9.67. The van der Waals surface area contributed by atoms with E-state index in [0.717, 1.165) is 5.56 Å². The van der Waals surface area contributed by atoms with Crippen molar-refractivity contribution in [2.24, 2.45) is 4.99 Å². The van der Waals surface area contributed by atoms with Gasteiger partial charge in [-0.1, -0.05) is 48.5 Å². The fraction of sp³-hybridized carbons (Fsp3) is 0.316. The Morgan fingerprint density at radius 2 is 1.79 bits per heavy atom. The molecule has 1 atom stereocenters. The van der Waals surface area contributed by atoms with Gasteiger partial charge in [0, 0.05) is 24.6 Å². The lowest BCUT2D eigenvalue weighted by Crippen LogP contribution is -2.40. The van der Waals surface area contributed by atoms with Crippen molar-refractivity contribution in [1.82, 2.24) is 10.6 Å². The molecule has 0 aliphatic carbocycles. The van der Waals surface area contributed by atoms with E-state index < -0.39 is 0 Å². The standard InChI is InChI=1S/C19H24FN3O/c1-2-21-19(22-12-16-10-6-7-11-18(16)20)23-13-17(14-24)15-8-4-3-5-9-15/h3-11,17,24H,2,12-14H2,1H3,(H2,21,22,23). The number of rotatable bonds is 7. The Kier molecular flexibility index (Phi) is 7.23. The van der Waals surface area contributed by atoms with E-state index in [1.54, 1.807) is 18.2 Å². The van der Waals surface area contributed by atoms with Gasteiger partial charge < -0.3 is 15.7 Å². The van der Waals surface area contributed by atoms with E-state index in [2.05, 4.69) is 15.6 Å². The van der Waals surface area contributed by atoms with Crippen LogP contribution in [0.4, 0.5) is 4.39 Å². The predicted molar refractivity (Wildman–Crippen MR) is 95.5 cm³/mol. The van der Waals surface area contributed by atoms with Gasteiger partial charge in [0.25, 0.3) is 0 Å². The number of aliphatic imine (C=N–C) groups is 1. The molecule has 5 heteroatoms. The molecule has 0 radical (unpaired) electrons. The minimum absolute atomic E-state index is 0.0245. The van der Waals surface area contributed by atoms with Gasteiger partial charge in [0.05, 0.1) is 13.2 Å². The highest BCUT2D eigenvalue weighted by Crippen LogP contribution is 2.13. The summed E-state index contributed by atoms with van der Waals surface area (Å²) < 4.78 is 13.7. The number of hydrogen-bond acceptors (Lipinski definition) is 2. The molecule has 0 saturated carbocycles. The van der Waals surface area contributed by atoms with Crippen LogP contribution >= 0.6 is 0 Å². The monoisotopic (exact) mass is 329 g/mol. The average Bonchev–Trinajstić information content (AvgIpc) is 2.62. The molecule has 3 N–H and O–H groups in total. The molecular formula is C19H24FN3O. The Hall–Kier alpha value is -2.40. The summed E-state index contributed by atoms with van der Waals surface area (Å²) in [6.07, 6.45) is 0. The molecule has 24 heavy (non-hydrogen) atoms. The van der Waals surface area contributed by atoms with Crippen molar-refractivity contribution in [2.75, 3.05) is 19.7 Å². The third-order valence-electron chi connectivity index (χ3n) is 3.72. The highest BCUT2D eigenvalue weighted by atomic mass is 19.1. The quantitative estimate of drug-likeness (QED) is 0.541. The van der Waals surface area contributed by atoms with Crippen LogP contribution in [0.25, 0.3) is 0 Å². The van der Waals surface area contributed by atoms with Crippen molar-refractivity contribution in [1.29, 1.82) is 0 Å². The van der Waals surface area contributed by atoms with E-state index >= 15 is 0 Å². The summed E-state index contributed by atoms with van der Waals surface area (Å²) in [6.45, 7) is 3.53. The number of halogens is 1. The first-order chi connectivity index (χ1) is 11.7.